The molecule has 1 aromatic carbocycles. The van der Waals surface area contributed by atoms with Crippen molar-refractivity contribution in [2.45, 2.75) is 4.90 Å². The van der Waals surface area contributed by atoms with Crippen molar-refractivity contribution >= 4 is 33.0 Å². The van der Waals surface area contributed by atoms with E-state index in [1.807, 2.05) is 0 Å². The van der Waals surface area contributed by atoms with E-state index in [-0.39, 0.29) is 9.77 Å². The van der Waals surface area contributed by atoms with Crippen LogP contribution in [0.15, 0.2) is 40.6 Å². The Morgan fingerprint density at radius 3 is 2.38 bits per heavy atom. The molecule has 8 heteroatoms. The topological polar surface area (TPSA) is 89.7 Å². The zero-order chi connectivity index (χ0) is 15.6. The number of nitrogens with two attached hydrogens (primary N) is 1. The molecule has 0 aliphatic carbocycles. The molecular weight excluding hydrogens is 312 g/mol. The molecule has 21 heavy (non-hydrogen) atoms. The van der Waals surface area contributed by atoms with Crippen LogP contribution in [-0.4, -0.2) is 28.5 Å². The molecule has 1 heterocycles. The second-order valence-electron chi connectivity index (χ2n) is 4.42. The molecule has 112 valence electrons. The summed E-state index contributed by atoms with van der Waals surface area (Å²) in [6.45, 7) is 0. The Morgan fingerprint density at radius 1 is 1.24 bits per heavy atom. The number of carbonyl (C=O) groups excluding carboxylic acids is 1. The van der Waals surface area contributed by atoms with E-state index >= 15 is 0 Å². The fourth-order valence-electron chi connectivity index (χ4n) is 1.70. The lowest BCUT2D eigenvalue weighted by molar-refractivity contribution is 0.0736. The minimum absolute atomic E-state index is 0.0370. The Balaban J connectivity index is 2.43. The van der Waals surface area contributed by atoms with Crippen molar-refractivity contribution in [3.8, 4) is 5.75 Å². The second-order valence-corrected chi connectivity index (χ2v) is 6.80. The van der Waals surface area contributed by atoms with Gasteiger partial charge in [0.05, 0.1) is 5.69 Å². The predicted octanol–water partition coefficient (Wildman–Crippen LogP) is 1.68. The highest BCUT2D eigenvalue weighted by Gasteiger charge is 2.28. The normalized spacial score (nSPS) is 11.2. The van der Waals surface area contributed by atoms with E-state index in [4.69, 9.17) is 9.88 Å². The maximum Gasteiger partial charge on any atom is 0.355 e. The number of anilines is 1. The maximum atomic E-state index is 12.2. The van der Waals surface area contributed by atoms with Crippen molar-refractivity contribution in [2.24, 2.45) is 5.14 Å². The van der Waals surface area contributed by atoms with E-state index in [9.17, 15) is 13.2 Å². The van der Waals surface area contributed by atoms with Crippen LogP contribution in [0.25, 0.3) is 0 Å². The minimum atomic E-state index is -4.04. The largest absolute Gasteiger partial charge is 0.422 e. The van der Waals surface area contributed by atoms with Crippen LogP contribution in [0.5, 0.6) is 5.75 Å². The molecule has 0 saturated heterocycles. The summed E-state index contributed by atoms with van der Waals surface area (Å²) in [7, 11) is -0.696. The van der Waals surface area contributed by atoms with Gasteiger partial charge >= 0.3 is 5.97 Å². The molecule has 0 radical (unpaired) electrons. The van der Waals surface area contributed by atoms with E-state index < -0.39 is 16.0 Å². The fourth-order valence-corrected chi connectivity index (χ4v) is 4.05. The molecule has 2 rings (SSSR count). The van der Waals surface area contributed by atoms with E-state index in [2.05, 4.69) is 0 Å². The number of ether oxygens (including phenoxy) is 1. The van der Waals surface area contributed by atoms with Gasteiger partial charge in [-0.15, -0.1) is 11.3 Å². The Labute approximate surface area is 126 Å². The van der Waals surface area contributed by atoms with Gasteiger partial charge in [0, 0.05) is 19.5 Å². The van der Waals surface area contributed by atoms with Gasteiger partial charge in [-0.2, -0.15) is 0 Å². The van der Waals surface area contributed by atoms with Crippen LogP contribution in [0.2, 0.25) is 0 Å². The van der Waals surface area contributed by atoms with Gasteiger partial charge in [-0.3, -0.25) is 0 Å². The first kappa shape index (κ1) is 15.5. The number of para-hydroxylation sites is 1. The average Bonchev–Trinajstić information content (AvgIpc) is 2.84. The summed E-state index contributed by atoms with van der Waals surface area (Å²) in [5.74, 6) is -0.411. The van der Waals surface area contributed by atoms with E-state index in [1.54, 1.807) is 54.7 Å². The van der Waals surface area contributed by atoms with Crippen LogP contribution in [-0.2, 0) is 10.0 Å². The minimum Gasteiger partial charge on any atom is -0.422 e. The monoisotopic (exact) mass is 326 g/mol. The number of primary sulfonamides is 1. The number of hydrogen-bond acceptors (Lipinski definition) is 6. The van der Waals surface area contributed by atoms with Crippen molar-refractivity contribution in [3.05, 3.63) is 40.6 Å². The summed E-state index contributed by atoms with van der Waals surface area (Å²) in [5.41, 5.74) is 0.363. The van der Waals surface area contributed by atoms with Gasteiger partial charge in [-0.05, 0) is 12.1 Å². The number of carbonyl (C=O) groups is 1. The van der Waals surface area contributed by atoms with Crippen molar-refractivity contribution in [2.75, 3.05) is 19.0 Å². The molecule has 0 spiro atoms. The highest BCUT2D eigenvalue weighted by molar-refractivity contribution is 7.89. The highest BCUT2D eigenvalue weighted by atomic mass is 32.2. The lowest BCUT2D eigenvalue weighted by Gasteiger charge is -2.12. The number of esters is 1. The first-order chi connectivity index (χ1) is 9.80. The second kappa shape index (κ2) is 5.84. The number of rotatable bonds is 4. The van der Waals surface area contributed by atoms with Crippen LogP contribution >= 0.6 is 11.3 Å². The number of sulfonamides is 1. The number of nitrogens with zero attached hydrogens (tertiary/aromatic N) is 1. The zero-order valence-electron chi connectivity index (χ0n) is 11.4. The summed E-state index contributed by atoms with van der Waals surface area (Å²) in [4.78, 5) is 13.5. The number of thiophene rings is 1. The Hall–Kier alpha value is -1.90. The average molecular weight is 326 g/mol. The molecule has 0 aliphatic heterocycles. The third-order valence-corrected chi connectivity index (χ3v) is 4.69. The third-order valence-electron chi connectivity index (χ3n) is 2.63. The van der Waals surface area contributed by atoms with Crippen LogP contribution in [0.1, 0.15) is 9.67 Å². The Morgan fingerprint density at radius 2 is 1.86 bits per heavy atom. The smallest absolute Gasteiger partial charge is 0.355 e. The van der Waals surface area contributed by atoms with Gasteiger partial charge in [0.25, 0.3) is 0 Å². The van der Waals surface area contributed by atoms with Gasteiger partial charge in [-0.1, -0.05) is 18.2 Å². The molecule has 0 fully saturated rings. The summed E-state index contributed by atoms with van der Waals surface area (Å²) in [6, 6.07) is 8.41. The van der Waals surface area contributed by atoms with Gasteiger partial charge < -0.3 is 9.64 Å². The fraction of sp³-hybridized carbons (Fsp3) is 0.154. The molecule has 0 bridgehead atoms. The molecule has 6 nitrogen and oxygen atoms in total. The molecule has 0 saturated carbocycles. The summed E-state index contributed by atoms with van der Waals surface area (Å²) >= 11 is 0.983. The van der Waals surface area contributed by atoms with Gasteiger partial charge in [-0.25, -0.2) is 18.4 Å². The SMILES string of the molecule is CN(C)c1csc(C(=O)Oc2ccccc2)c1S(N)(=O)=O. The molecule has 0 amide bonds. The van der Waals surface area contributed by atoms with Crippen molar-refractivity contribution in [1.29, 1.82) is 0 Å². The highest BCUT2D eigenvalue weighted by Crippen LogP contribution is 2.33. The summed E-state index contributed by atoms with van der Waals surface area (Å²) in [5, 5.41) is 6.77. The van der Waals surface area contributed by atoms with Crippen LogP contribution < -0.4 is 14.8 Å². The van der Waals surface area contributed by atoms with E-state index in [1.165, 1.54) is 0 Å². The number of hydrogen-bond donors (Lipinski definition) is 1. The Kier molecular flexibility index (Phi) is 4.31. The number of benzene rings is 1. The third kappa shape index (κ3) is 3.41. The molecule has 0 atom stereocenters. The van der Waals surface area contributed by atoms with E-state index in [0.29, 0.717) is 11.4 Å². The summed E-state index contributed by atoms with van der Waals surface area (Å²) in [6.07, 6.45) is 0. The molecule has 2 aromatic rings. The zero-order valence-corrected chi connectivity index (χ0v) is 13.1. The van der Waals surface area contributed by atoms with Crippen molar-refractivity contribution in [1.82, 2.24) is 0 Å². The first-order valence-corrected chi connectivity index (χ1v) is 8.32. The van der Waals surface area contributed by atoms with Crippen LogP contribution in [0.4, 0.5) is 5.69 Å². The molecule has 0 aliphatic rings. The lowest BCUT2D eigenvalue weighted by Crippen LogP contribution is -2.20. The first-order valence-electron chi connectivity index (χ1n) is 5.89. The van der Waals surface area contributed by atoms with Crippen molar-refractivity contribution in [3.63, 3.8) is 0 Å². The van der Waals surface area contributed by atoms with Crippen LogP contribution in [0, 0.1) is 0 Å². The molecule has 2 N–H and O–H groups in total. The van der Waals surface area contributed by atoms with Crippen LogP contribution in [0.3, 0.4) is 0 Å². The molecule has 1 aromatic heterocycles. The van der Waals surface area contributed by atoms with E-state index in [0.717, 1.165) is 11.3 Å². The predicted molar refractivity (Wildman–Crippen MR) is 81.4 cm³/mol. The standard InChI is InChI=1S/C13H14N2O4S2/c1-15(2)10-8-20-11(12(10)21(14,17)18)13(16)19-9-6-4-3-5-7-9/h3-8H,1-2H3,(H2,14,17,18). The maximum absolute atomic E-state index is 12.2. The quantitative estimate of drug-likeness (QED) is 0.682. The van der Waals surface area contributed by atoms with Gasteiger partial charge in [0.1, 0.15) is 15.5 Å². The Bertz CT molecular complexity index is 752. The van der Waals surface area contributed by atoms with Gasteiger partial charge in [0.15, 0.2) is 0 Å². The molecular formula is C13H14N2O4S2. The molecule has 0 unspecified atom stereocenters. The lowest BCUT2D eigenvalue weighted by atomic mass is 10.3. The van der Waals surface area contributed by atoms with Crippen molar-refractivity contribution < 1.29 is 17.9 Å². The summed E-state index contributed by atoms with van der Waals surface area (Å²) < 4.78 is 28.7. The van der Waals surface area contributed by atoms with Gasteiger partial charge in [0.2, 0.25) is 10.0 Å².